The highest BCUT2D eigenvalue weighted by Crippen LogP contribution is 2.20. The number of thiophene rings is 1. The largest absolute Gasteiger partial charge is 0.465 e. The second-order valence-electron chi connectivity index (χ2n) is 5.17. The fourth-order valence-electron chi connectivity index (χ4n) is 2.14. The van der Waals surface area contributed by atoms with Gasteiger partial charge in [0, 0.05) is 17.5 Å². The highest BCUT2D eigenvalue weighted by molar-refractivity contribution is 7.08. The second kappa shape index (κ2) is 7.05. The van der Waals surface area contributed by atoms with Gasteiger partial charge in [-0.2, -0.15) is 11.3 Å². The maximum Gasteiger partial charge on any atom is 0.404 e. The molecule has 2 amide bonds. The minimum absolute atomic E-state index is 0.176. The Balaban J connectivity index is 1.69. The number of hydrogen-bond acceptors (Lipinski definition) is 5. The summed E-state index contributed by atoms with van der Waals surface area (Å²) in [4.78, 5) is 22.8. The zero-order chi connectivity index (χ0) is 17.8. The van der Waals surface area contributed by atoms with Crippen LogP contribution in [0.1, 0.15) is 15.9 Å². The summed E-state index contributed by atoms with van der Waals surface area (Å²) in [7, 11) is 0. The molecule has 0 fully saturated rings. The number of aromatic nitrogens is 2. The number of anilines is 2. The maximum atomic E-state index is 12.3. The average Bonchev–Trinajstić information content (AvgIpc) is 3.24. The quantitative estimate of drug-likeness (QED) is 0.559. The number of carboxylic acid groups (broad SMARTS) is 1. The molecule has 0 spiro atoms. The zero-order valence-electron chi connectivity index (χ0n) is 13.0. The van der Waals surface area contributed by atoms with Crippen molar-refractivity contribution in [3.8, 4) is 5.69 Å². The Bertz CT molecular complexity index is 887. The first-order valence-corrected chi connectivity index (χ1v) is 8.22. The summed E-state index contributed by atoms with van der Waals surface area (Å²) in [5, 5.41) is 21.6. The third-order valence-electron chi connectivity index (χ3n) is 3.41. The van der Waals surface area contributed by atoms with Gasteiger partial charge in [0.1, 0.15) is 0 Å². The molecule has 2 aromatic heterocycles. The van der Waals surface area contributed by atoms with Crippen LogP contribution in [0.5, 0.6) is 0 Å². The Morgan fingerprint density at radius 1 is 1.24 bits per heavy atom. The topological polar surface area (TPSA) is 122 Å². The van der Waals surface area contributed by atoms with Gasteiger partial charge in [-0.15, -0.1) is 5.10 Å². The van der Waals surface area contributed by atoms with E-state index in [1.807, 2.05) is 16.8 Å². The normalized spacial score (nSPS) is 10.4. The second-order valence-corrected chi connectivity index (χ2v) is 5.95. The van der Waals surface area contributed by atoms with Gasteiger partial charge in [-0.25, -0.2) is 9.48 Å². The predicted molar refractivity (Wildman–Crippen MR) is 95.1 cm³/mol. The average molecular weight is 357 g/mol. The predicted octanol–water partition coefficient (Wildman–Crippen LogP) is 2.54. The van der Waals surface area contributed by atoms with Crippen LogP contribution >= 0.6 is 11.3 Å². The van der Waals surface area contributed by atoms with Crippen LogP contribution in [0.15, 0.2) is 47.3 Å². The molecule has 0 aliphatic carbocycles. The Kier molecular flexibility index (Phi) is 4.66. The van der Waals surface area contributed by atoms with Gasteiger partial charge in [0.2, 0.25) is 0 Å². The molecule has 3 aromatic rings. The lowest BCUT2D eigenvalue weighted by atomic mass is 10.1. The van der Waals surface area contributed by atoms with E-state index in [9.17, 15) is 9.59 Å². The lowest BCUT2D eigenvalue weighted by Gasteiger charge is -2.05. The van der Waals surface area contributed by atoms with E-state index in [1.165, 1.54) is 11.3 Å². The van der Waals surface area contributed by atoms with Gasteiger partial charge in [0.25, 0.3) is 5.91 Å². The van der Waals surface area contributed by atoms with E-state index in [0.29, 0.717) is 11.3 Å². The summed E-state index contributed by atoms with van der Waals surface area (Å²) < 4.78 is 1.60. The third kappa shape index (κ3) is 3.96. The molecular weight excluding hydrogens is 342 g/mol. The van der Waals surface area contributed by atoms with Crippen molar-refractivity contribution in [2.75, 3.05) is 11.1 Å². The van der Waals surface area contributed by atoms with Crippen LogP contribution in [0.4, 0.5) is 16.3 Å². The molecule has 5 N–H and O–H groups in total. The van der Waals surface area contributed by atoms with E-state index in [0.717, 1.165) is 11.3 Å². The van der Waals surface area contributed by atoms with Gasteiger partial charge in [-0.1, -0.05) is 12.1 Å². The van der Waals surface area contributed by atoms with Crippen LogP contribution in [-0.2, 0) is 6.54 Å². The number of rotatable bonds is 5. The number of nitrogens with zero attached hydrogens (tertiary/aromatic N) is 2. The minimum atomic E-state index is -1.10. The Hall–Kier alpha value is -3.33. The Morgan fingerprint density at radius 2 is 2.00 bits per heavy atom. The molecule has 0 atom stereocenters. The number of amides is 2. The summed E-state index contributed by atoms with van der Waals surface area (Å²) in [6.45, 7) is 0.176. The summed E-state index contributed by atoms with van der Waals surface area (Å²) >= 11 is 1.54. The van der Waals surface area contributed by atoms with Crippen molar-refractivity contribution in [2.24, 2.45) is 0 Å². The van der Waals surface area contributed by atoms with E-state index in [-0.39, 0.29) is 18.3 Å². The third-order valence-corrected chi connectivity index (χ3v) is 4.08. The standard InChI is InChI=1S/C16H15N5O3S/c17-13-8-21(12-5-6-25-9-12)20-14(13)19-15(22)11-3-1-10(2-4-11)7-18-16(23)24/h1-6,8-9,18H,7,17H2,(H,23,24)(H,19,20,22). The smallest absolute Gasteiger partial charge is 0.404 e. The molecule has 0 radical (unpaired) electrons. The van der Waals surface area contributed by atoms with Crippen molar-refractivity contribution in [3.05, 3.63) is 58.4 Å². The van der Waals surface area contributed by atoms with Gasteiger partial charge in [0.05, 0.1) is 17.6 Å². The van der Waals surface area contributed by atoms with E-state index in [1.54, 1.807) is 35.1 Å². The monoisotopic (exact) mass is 357 g/mol. The Morgan fingerprint density at radius 3 is 2.64 bits per heavy atom. The molecule has 25 heavy (non-hydrogen) atoms. The number of nitrogens with two attached hydrogens (primary N) is 1. The molecule has 2 heterocycles. The molecule has 0 aliphatic heterocycles. The summed E-state index contributed by atoms with van der Waals surface area (Å²) in [6, 6.07) is 8.48. The molecule has 0 aliphatic rings. The van der Waals surface area contributed by atoms with E-state index >= 15 is 0 Å². The van der Waals surface area contributed by atoms with E-state index < -0.39 is 6.09 Å². The van der Waals surface area contributed by atoms with Crippen molar-refractivity contribution in [1.29, 1.82) is 0 Å². The fraction of sp³-hybridized carbons (Fsp3) is 0.0625. The molecule has 3 rings (SSSR count). The van der Waals surface area contributed by atoms with Gasteiger partial charge < -0.3 is 21.5 Å². The Labute approximate surface area is 146 Å². The van der Waals surface area contributed by atoms with Crippen LogP contribution in [0, 0.1) is 0 Å². The highest BCUT2D eigenvalue weighted by atomic mass is 32.1. The van der Waals surface area contributed by atoms with E-state index in [4.69, 9.17) is 10.8 Å². The SMILES string of the molecule is Nc1cn(-c2ccsc2)nc1NC(=O)c1ccc(CNC(=O)O)cc1. The van der Waals surface area contributed by atoms with Crippen LogP contribution in [0.25, 0.3) is 5.69 Å². The van der Waals surface area contributed by atoms with Gasteiger partial charge >= 0.3 is 6.09 Å². The lowest BCUT2D eigenvalue weighted by Crippen LogP contribution is -2.20. The van der Waals surface area contributed by atoms with Crippen molar-refractivity contribution in [1.82, 2.24) is 15.1 Å². The van der Waals surface area contributed by atoms with Crippen LogP contribution in [-0.4, -0.2) is 26.9 Å². The van der Waals surface area contributed by atoms with Gasteiger partial charge in [-0.3, -0.25) is 4.79 Å². The van der Waals surface area contributed by atoms with Gasteiger partial charge in [-0.05, 0) is 29.1 Å². The summed E-state index contributed by atoms with van der Waals surface area (Å²) in [5.74, 6) is -0.0622. The molecule has 0 bridgehead atoms. The molecule has 1 aromatic carbocycles. The number of carbonyl (C=O) groups is 2. The number of nitrogens with one attached hydrogen (secondary N) is 2. The fourth-order valence-corrected chi connectivity index (χ4v) is 2.76. The molecule has 8 nitrogen and oxygen atoms in total. The number of nitrogen functional groups attached to an aromatic ring is 1. The van der Waals surface area contributed by atoms with E-state index in [2.05, 4.69) is 15.7 Å². The zero-order valence-corrected chi connectivity index (χ0v) is 13.8. The van der Waals surface area contributed by atoms with Crippen molar-refractivity contribution in [3.63, 3.8) is 0 Å². The first-order valence-electron chi connectivity index (χ1n) is 7.28. The maximum absolute atomic E-state index is 12.3. The molecule has 128 valence electrons. The van der Waals surface area contributed by atoms with Crippen molar-refractivity contribution in [2.45, 2.75) is 6.54 Å². The van der Waals surface area contributed by atoms with Crippen LogP contribution in [0.2, 0.25) is 0 Å². The molecule has 0 saturated carbocycles. The number of carbonyl (C=O) groups excluding carboxylic acids is 1. The highest BCUT2D eigenvalue weighted by Gasteiger charge is 2.12. The number of hydrogen-bond donors (Lipinski definition) is 4. The lowest BCUT2D eigenvalue weighted by molar-refractivity contribution is 0.102. The van der Waals surface area contributed by atoms with Crippen LogP contribution in [0.3, 0.4) is 0 Å². The van der Waals surface area contributed by atoms with Crippen LogP contribution < -0.4 is 16.4 Å². The first kappa shape index (κ1) is 16.5. The molecule has 0 unspecified atom stereocenters. The molecule has 0 saturated heterocycles. The first-order chi connectivity index (χ1) is 12.0. The summed E-state index contributed by atoms with van der Waals surface area (Å²) in [6.07, 6.45) is 0.539. The molecular formula is C16H15N5O3S. The number of benzene rings is 1. The molecule has 9 heteroatoms. The van der Waals surface area contributed by atoms with Crippen molar-refractivity contribution >= 4 is 34.8 Å². The van der Waals surface area contributed by atoms with Gasteiger partial charge in [0.15, 0.2) is 5.82 Å². The summed E-state index contributed by atoms with van der Waals surface area (Å²) in [5.41, 5.74) is 8.31. The van der Waals surface area contributed by atoms with Crippen molar-refractivity contribution < 1.29 is 14.7 Å². The minimum Gasteiger partial charge on any atom is -0.465 e.